The highest BCUT2D eigenvalue weighted by molar-refractivity contribution is 6.31. The third kappa shape index (κ3) is 12.0. The summed E-state index contributed by atoms with van der Waals surface area (Å²) >= 11 is 12.0. The molecule has 0 saturated heterocycles. The molecule has 0 heterocycles. The molecule has 0 radical (unpaired) electrons. The van der Waals surface area contributed by atoms with E-state index in [1.807, 2.05) is 24.3 Å². The number of aliphatic imine (C=N–C) groups is 2. The molecular weight excluding hydrogens is 475 g/mol. The van der Waals surface area contributed by atoms with Crippen molar-refractivity contribution in [2.24, 2.45) is 32.9 Å². The van der Waals surface area contributed by atoms with Crippen molar-refractivity contribution >= 4 is 46.5 Å². The molecule has 0 amide bonds. The molecular formula is C22H34Cl2N10. The lowest BCUT2D eigenvalue weighted by Gasteiger charge is -2.16. The number of nitrogens with one attached hydrogen (secondary N) is 4. The van der Waals surface area contributed by atoms with Crippen LogP contribution in [0.1, 0.15) is 25.7 Å². The van der Waals surface area contributed by atoms with Gasteiger partial charge in [-0.15, -0.1) is 0 Å². The number of rotatable bonds is 13. The van der Waals surface area contributed by atoms with E-state index in [0.717, 1.165) is 50.1 Å². The van der Waals surface area contributed by atoms with Crippen LogP contribution in [-0.2, 0) is 0 Å². The third-order valence-electron chi connectivity index (χ3n) is 4.58. The Kier molecular flexibility index (Phi) is 12.5. The highest BCUT2D eigenvalue weighted by Crippen LogP contribution is 2.16. The van der Waals surface area contributed by atoms with Gasteiger partial charge in [0.15, 0.2) is 18.5 Å². The SMILES string of the molecule is NC(N)=NC(N)NCCCCCCNC(N)N=C(Nc1ccc(Cl)cc1)Nc1ccc(Cl)cc1. The van der Waals surface area contributed by atoms with Crippen molar-refractivity contribution in [2.45, 2.75) is 38.3 Å². The zero-order valence-electron chi connectivity index (χ0n) is 19.0. The standard InChI is InChI=1S/C22H34Cl2N10/c23-15-5-9-17(10-6-15)31-22(32-18-11-7-16(24)8-12-18)34-21(28)30-14-4-2-1-3-13-29-20(27)33-19(25)26/h5-12,20-21,29-30H,1-4,13-14,27-28H2,(H4,25,26,33)(H2,31,32,34). The van der Waals surface area contributed by atoms with Gasteiger partial charge in [0.05, 0.1) is 0 Å². The lowest BCUT2D eigenvalue weighted by molar-refractivity contribution is 0.494. The second-order valence-electron chi connectivity index (χ2n) is 7.51. The smallest absolute Gasteiger partial charge is 0.203 e. The molecule has 34 heavy (non-hydrogen) atoms. The summed E-state index contributed by atoms with van der Waals surface area (Å²) in [6.45, 7) is 1.48. The highest BCUT2D eigenvalue weighted by atomic mass is 35.5. The predicted molar refractivity (Wildman–Crippen MR) is 144 cm³/mol. The molecule has 0 aliphatic heterocycles. The van der Waals surface area contributed by atoms with E-state index in [0.29, 0.717) is 16.0 Å². The lowest BCUT2D eigenvalue weighted by atomic mass is 10.2. The predicted octanol–water partition coefficient (Wildman–Crippen LogP) is 2.37. The molecule has 0 saturated carbocycles. The van der Waals surface area contributed by atoms with E-state index in [2.05, 4.69) is 31.3 Å². The number of anilines is 2. The second kappa shape index (κ2) is 15.3. The van der Waals surface area contributed by atoms with Crippen molar-refractivity contribution in [3.05, 3.63) is 58.6 Å². The zero-order valence-corrected chi connectivity index (χ0v) is 20.5. The van der Waals surface area contributed by atoms with E-state index in [9.17, 15) is 0 Å². The number of nitrogens with zero attached hydrogens (tertiary/aromatic N) is 2. The fourth-order valence-electron chi connectivity index (χ4n) is 2.93. The summed E-state index contributed by atoms with van der Waals surface area (Å²) in [6.07, 6.45) is 2.87. The number of guanidine groups is 2. The van der Waals surface area contributed by atoms with Gasteiger partial charge >= 0.3 is 0 Å². The van der Waals surface area contributed by atoms with Crippen molar-refractivity contribution in [1.82, 2.24) is 10.6 Å². The van der Waals surface area contributed by atoms with Crippen molar-refractivity contribution < 1.29 is 0 Å². The number of hydrogen-bond acceptors (Lipinski definition) is 6. The topological polar surface area (TPSA) is 177 Å². The highest BCUT2D eigenvalue weighted by Gasteiger charge is 2.06. The summed E-state index contributed by atoms with van der Waals surface area (Å²) in [5.41, 5.74) is 24.1. The van der Waals surface area contributed by atoms with Gasteiger partial charge < -0.3 is 22.1 Å². The van der Waals surface area contributed by atoms with Crippen LogP contribution in [0.5, 0.6) is 0 Å². The van der Waals surface area contributed by atoms with Crippen LogP contribution >= 0.6 is 23.2 Å². The van der Waals surface area contributed by atoms with Crippen molar-refractivity contribution in [1.29, 1.82) is 0 Å². The van der Waals surface area contributed by atoms with Gasteiger partial charge in [0, 0.05) is 21.4 Å². The number of benzene rings is 2. The van der Waals surface area contributed by atoms with Gasteiger partial charge in [0.1, 0.15) is 0 Å². The van der Waals surface area contributed by atoms with Crippen LogP contribution < -0.4 is 44.2 Å². The van der Waals surface area contributed by atoms with E-state index in [1.54, 1.807) is 24.3 Å². The molecule has 0 bridgehead atoms. The van der Waals surface area contributed by atoms with Gasteiger partial charge in [-0.1, -0.05) is 36.0 Å². The van der Waals surface area contributed by atoms with E-state index >= 15 is 0 Å². The number of unbranched alkanes of at least 4 members (excludes halogenated alkanes) is 3. The molecule has 0 fully saturated rings. The van der Waals surface area contributed by atoms with Crippen LogP contribution in [0.25, 0.3) is 0 Å². The Morgan fingerprint density at radius 3 is 1.50 bits per heavy atom. The zero-order chi connectivity index (χ0) is 24.8. The van der Waals surface area contributed by atoms with E-state index in [1.165, 1.54) is 0 Å². The summed E-state index contributed by atoms with van der Waals surface area (Å²) in [5, 5.41) is 14.0. The Balaban J connectivity index is 1.78. The van der Waals surface area contributed by atoms with Gasteiger partial charge in [-0.2, -0.15) is 0 Å². The van der Waals surface area contributed by atoms with Crippen LogP contribution in [-0.4, -0.2) is 37.6 Å². The van der Waals surface area contributed by atoms with Crippen LogP contribution in [0, 0.1) is 0 Å². The van der Waals surface area contributed by atoms with Crippen molar-refractivity contribution in [3.63, 3.8) is 0 Å². The normalized spacial score (nSPS) is 12.5. The lowest BCUT2D eigenvalue weighted by Crippen LogP contribution is -2.39. The quantitative estimate of drug-likeness (QED) is 0.0878. The van der Waals surface area contributed by atoms with E-state index in [-0.39, 0.29) is 5.96 Å². The molecule has 186 valence electrons. The fraction of sp³-hybridized carbons (Fsp3) is 0.364. The summed E-state index contributed by atoms with van der Waals surface area (Å²) in [4.78, 5) is 8.35. The van der Waals surface area contributed by atoms with Crippen LogP contribution in [0.4, 0.5) is 11.4 Å². The third-order valence-corrected chi connectivity index (χ3v) is 5.08. The minimum atomic E-state index is -0.589. The molecule has 2 aromatic rings. The Morgan fingerprint density at radius 2 is 1.09 bits per heavy atom. The van der Waals surface area contributed by atoms with Gasteiger partial charge in [-0.25, -0.2) is 9.98 Å². The molecule has 0 aliphatic carbocycles. The monoisotopic (exact) mass is 508 g/mol. The number of nitrogens with two attached hydrogens (primary N) is 4. The molecule has 12 heteroatoms. The minimum Gasteiger partial charge on any atom is -0.370 e. The second-order valence-corrected chi connectivity index (χ2v) is 8.38. The Morgan fingerprint density at radius 1 is 0.676 bits per heavy atom. The van der Waals surface area contributed by atoms with E-state index < -0.39 is 12.6 Å². The Labute approximate surface area is 210 Å². The average Bonchev–Trinajstić information content (AvgIpc) is 2.78. The van der Waals surface area contributed by atoms with Crippen molar-refractivity contribution in [3.8, 4) is 0 Å². The van der Waals surface area contributed by atoms with Crippen LogP contribution in [0.15, 0.2) is 58.5 Å². The molecule has 2 aromatic carbocycles. The maximum atomic E-state index is 6.19. The summed E-state index contributed by atoms with van der Waals surface area (Å²) in [5.74, 6) is 0.466. The number of hydrogen-bond donors (Lipinski definition) is 8. The summed E-state index contributed by atoms with van der Waals surface area (Å²) in [7, 11) is 0. The Bertz CT molecular complexity index is 849. The minimum absolute atomic E-state index is 0.0278. The fourth-order valence-corrected chi connectivity index (χ4v) is 3.18. The molecule has 2 rings (SSSR count). The van der Waals surface area contributed by atoms with Crippen LogP contribution in [0.3, 0.4) is 0 Å². The number of halogens is 2. The van der Waals surface area contributed by atoms with Gasteiger partial charge in [-0.05, 0) is 74.5 Å². The van der Waals surface area contributed by atoms with Crippen molar-refractivity contribution in [2.75, 3.05) is 23.7 Å². The van der Waals surface area contributed by atoms with Crippen LogP contribution in [0.2, 0.25) is 10.0 Å². The van der Waals surface area contributed by atoms with E-state index in [4.69, 9.17) is 46.1 Å². The van der Waals surface area contributed by atoms with Gasteiger partial charge in [0.25, 0.3) is 0 Å². The van der Waals surface area contributed by atoms with Gasteiger partial charge in [0.2, 0.25) is 5.96 Å². The molecule has 2 unspecified atom stereocenters. The molecule has 0 spiro atoms. The maximum Gasteiger partial charge on any atom is 0.203 e. The first-order valence-corrected chi connectivity index (χ1v) is 11.8. The first kappa shape index (κ1) is 27.6. The maximum absolute atomic E-state index is 6.19. The molecule has 12 N–H and O–H groups in total. The van der Waals surface area contributed by atoms with Gasteiger partial charge in [-0.3, -0.25) is 22.1 Å². The summed E-state index contributed by atoms with van der Waals surface area (Å²) < 4.78 is 0. The molecule has 10 nitrogen and oxygen atoms in total. The molecule has 0 aromatic heterocycles. The summed E-state index contributed by atoms with van der Waals surface area (Å²) in [6, 6.07) is 14.6. The first-order valence-electron chi connectivity index (χ1n) is 11.0. The first-order chi connectivity index (χ1) is 16.3. The molecule has 0 aliphatic rings. The molecule has 2 atom stereocenters. The largest absolute Gasteiger partial charge is 0.370 e. The Hall–Kier alpha value is -2.60. The average molecular weight is 509 g/mol.